The van der Waals surface area contributed by atoms with Crippen LogP contribution < -0.4 is 10.1 Å². The van der Waals surface area contributed by atoms with Gasteiger partial charge in [-0.3, -0.25) is 9.59 Å². The number of benzene rings is 3. The van der Waals surface area contributed by atoms with Crippen molar-refractivity contribution >= 4 is 27.7 Å². The maximum absolute atomic E-state index is 13.5. The number of rotatable bonds is 10. The molecule has 0 heterocycles. The Balaban J connectivity index is 1.88. The van der Waals surface area contributed by atoms with Gasteiger partial charge in [0, 0.05) is 24.0 Å². The minimum atomic E-state index is -0.660. The van der Waals surface area contributed by atoms with Crippen molar-refractivity contribution in [2.24, 2.45) is 0 Å². The van der Waals surface area contributed by atoms with Crippen LogP contribution in [0.25, 0.3) is 0 Å². The van der Waals surface area contributed by atoms with Crippen LogP contribution in [-0.4, -0.2) is 35.9 Å². The third-order valence-electron chi connectivity index (χ3n) is 5.59. The van der Waals surface area contributed by atoms with Gasteiger partial charge in [0.05, 0.1) is 0 Å². The number of likely N-dealkylation sites (N-methyl/N-ethyl adjacent to an activating group) is 1. The van der Waals surface area contributed by atoms with E-state index in [1.54, 1.807) is 4.90 Å². The molecule has 1 unspecified atom stereocenters. The number of amides is 2. The van der Waals surface area contributed by atoms with Crippen molar-refractivity contribution in [3.8, 4) is 5.75 Å². The lowest BCUT2D eigenvalue weighted by atomic mass is 10.0. The molecule has 2 amide bonds. The molecule has 34 heavy (non-hydrogen) atoms. The second-order valence-corrected chi connectivity index (χ2v) is 9.06. The maximum Gasteiger partial charge on any atom is 0.261 e. The van der Waals surface area contributed by atoms with Gasteiger partial charge in [-0.2, -0.15) is 0 Å². The van der Waals surface area contributed by atoms with E-state index in [0.29, 0.717) is 25.3 Å². The van der Waals surface area contributed by atoms with Gasteiger partial charge in [-0.15, -0.1) is 0 Å². The van der Waals surface area contributed by atoms with Crippen LogP contribution >= 0.6 is 15.9 Å². The number of nitrogens with zero attached hydrogens (tertiary/aromatic N) is 1. The lowest BCUT2D eigenvalue weighted by Crippen LogP contribution is -2.51. The molecular formula is C28H31BrN2O3. The predicted octanol–water partition coefficient (Wildman–Crippen LogP) is 5.22. The molecule has 0 aliphatic heterocycles. The van der Waals surface area contributed by atoms with E-state index in [2.05, 4.69) is 21.2 Å². The van der Waals surface area contributed by atoms with Crippen molar-refractivity contribution < 1.29 is 14.3 Å². The van der Waals surface area contributed by atoms with Gasteiger partial charge in [0.2, 0.25) is 5.91 Å². The monoisotopic (exact) mass is 522 g/mol. The van der Waals surface area contributed by atoms with Gasteiger partial charge in [-0.05, 0) is 55.2 Å². The predicted molar refractivity (Wildman–Crippen MR) is 139 cm³/mol. The Morgan fingerprint density at radius 1 is 0.941 bits per heavy atom. The lowest BCUT2D eigenvalue weighted by Gasteiger charge is -2.31. The number of ether oxygens (including phenoxy) is 1. The molecule has 3 aromatic carbocycles. The number of halogens is 1. The first-order chi connectivity index (χ1) is 16.4. The summed E-state index contributed by atoms with van der Waals surface area (Å²) in [4.78, 5) is 28.3. The highest BCUT2D eigenvalue weighted by Crippen LogP contribution is 2.26. The summed E-state index contributed by atoms with van der Waals surface area (Å²) in [7, 11) is 0. The first kappa shape index (κ1) is 25.5. The third-order valence-corrected chi connectivity index (χ3v) is 6.84. The van der Waals surface area contributed by atoms with Crippen molar-refractivity contribution in [2.45, 2.75) is 39.8 Å². The van der Waals surface area contributed by atoms with Crippen LogP contribution in [0, 0.1) is 13.8 Å². The molecule has 3 aromatic rings. The van der Waals surface area contributed by atoms with Crippen molar-refractivity contribution in [1.29, 1.82) is 0 Å². The Labute approximate surface area is 210 Å². The standard InChI is InChI=1S/C28H31BrN2O3/c1-4-30-28(33)25(17-22-11-7-5-8-12-22)31(18-23-13-9-6-10-14-23)26(32)19-34-24-15-20(2)27(29)21(3)16-24/h5-16,25H,4,17-19H2,1-3H3,(H,30,33). The smallest absolute Gasteiger partial charge is 0.261 e. The van der Waals surface area contributed by atoms with Crippen molar-refractivity contribution in [3.05, 3.63) is 99.5 Å². The molecular weight excluding hydrogens is 492 g/mol. The van der Waals surface area contributed by atoms with E-state index in [1.165, 1.54) is 0 Å². The molecule has 3 rings (SSSR count). The molecule has 5 nitrogen and oxygen atoms in total. The number of carbonyl (C=O) groups excluding carboxylic acids is 2. The van der Waals surface area contributed by atoms with E-state index in [4.69, 9.17) is 4.74 Å². The average Bonchev–Trinajstić information content (AvgIpc) is 2.84. The Kier molecular flexibility index (Phi) is 9.28. The molecule has 0 aliphatic rings. The molecule has 0 spiro atoms. The first-order valence-corrected chi connectivity index (χ1v) is 12.2. The molecule has 0 radical (unpaired) electrons. The molecule has 0 saturated carbocycles. The molecule has 0 saturated heterocycles. The largest absolute Gasteiger partial charge is 0.484 e. The Morgan fingerprint density at radius 3 is 2.06 bits per heavy atom. The van der Waals surface area contributed by atoms with Gasteiger partial charge in [0.1, 0.15) is 11.8 Å². The Morgan fingerprint density at radius 2 is 1.50 bits per heavy atom. The van der Waals surface area contributed by atoms with Gasteiger partial charge in [-0.1, -0.05) is 76.6 Å². The summed E-state index contributed by atoms with van der Waals surface area (Å²) in [6.45, 7) is 6.50. The topological polar surface area (TPSA) is 58.6 Å². The lowest BCUT2D eigenvalue weighted by molar-refractivity contribution is -0.142. The molecule has 178 valence electrons. The van der Waals surface area contributed by atoms with Crippen LogP contribution in [0.1, 0.15) is 29.2 Å². The second kappa shape index (κ2) is 12.4. The third kappa shape index (κ3) is 6.94. The maximum atomic E-state index is 13.5. The van der Waals surface area contributed by atoms with E-state index < -0.39 is 6.04 Å². The fourth-order valence-electron chi connectivity index (χ4n) is 3.84. The quantitative estimate of drug-likeness (QED) is 0.397. The summed E-state index contributed by atoms with van der Waals surface area (Å²) >= 11 is 3.56. The zero-order chi connectivity index (χ0) is 24.5. The molecule has 1 atom stereocenters. The van der Waals surface area contributed by atoms with E-state index in [-0.39, 0.29) is 18.4 Å². The number of hydrogen-bond donors (Lipinski definition) is 1. The van der Waals surface area contributed by atoms with Gasteiger partial charge in [0.25, 0.3) is 5.91 Å². The average molecular weight is 523 g/mol. The SMILES string of the molecule is CCNC(=O)C(Cc1ccccc1)N(Cc1ccccc1)C(=O)COc1cc(C)c(Br)c(C)c1. The van der Waals surface area contributed by atoms with Crippen LogP contribution in [-0.2, 0) is 22.6 Å². The van der Waals surface area contributed by atoms with Crippen LogP contribution in [0.4, 0.5) is 0 Å². The molecule has 0 aliphatic carbocycles. The van der Waals surface area contributed by atoms with Gasteiger partial charge in [0.15, 0.2) is 6.61 Å². The van der Waals surface area contributed by atoms with Gasteiger partial charge < -0.3 is 15.0 Å². The van der Waals surface area contributed by atoms with Gasteiger partial charge >= 0.3 is 0 Å². The minimum Gasteiger partial charge on any atom is -0.484 e. The van der Waals surface area contributed by atoms with Crippen LogP contribution in [0.2, 0.25) is 0 Å². The fourth-order valence-corrected chi connectivity index (χ4v) is 4.07. The van der Waals surface area contributed by atoms with E-state index in [0.717, 1.165) is 26.7 Å². The second-order valence-electron chi connectivity index (χ2n) is 8.27. The van der Waals surface area contributed by atoms with Crippen molar-refractivity contribution in [2.75, 3.05) is 13.2 Å². The highest BCUT2D eigenvalue weighted by atomic mass is 79.9. The zero-order valence-corrected chi connectivity index (χ0v) is 21.5. The number of hydrogen-bond acceptors (Lipinski definition) is 3. The Hall–Kier alpha value is -3.12. The molecule has 0 fully saturated rings. The number of nitrogens with one attached hydrogen (secondary N) is 1. The summed E-state index contributed by atoms with van der Waals surface area (Å²) in [6, 6.07) is 22.6. The zero-order valence-electron chi connectivity index (χ0n) is 19.9. The minimum absolute atomic E-state index is 0.155. The number of aryl methyl sites for hydroxylation is 2. The molecule has 6 heteroatoms. The molecule has 1 N–H and O–H groups in total. The summed E-state index contributed by atoms with van der Waals surface area (Å²) < 4.78 is 6.92. The van der Waals surface area contributed by atoms with Crippen LogP contribution in [0.5, 0.6) is 5.75 Å². The summed E-state index contributed by atoms with van der Waals surface area (Å²) in [5.41, 5.74) is 4.01. The summed E-state index contributed by atoms with van der Waals surface area (Å²) in [5.74, 6) is 0.212. The van der Waals surface area contributed by atoms with Crippen LogP contribution in [0.3, 0.4) is 0 Å². The highest BCUT2D eigenvalue weighted by molar-refractivity contribution is 9.10. The first-order valence-electron chi connectivity index (χ1n) is 11.4. The van der Waals surface area contributed by atoms with Crippen LogP contribution in [0.15, 0.2) is 77.3 Å². The van der Waals surface area contributed by atoms with E-state index >= 15 is 0 Å². The molecule has 0 aromatic heterocycles. The van der Waals surface area contributed by atoms with E-state index in [9.17, 15) is 9.59 Å². The molecule has 0 bridgehead atoms. The van der Waals surface area contributed by atoms with E-state index in [1.807, 2.05) is 93.6 Å². The number of carbonyl (C=O) groups is 2. The van der Waals surface area contributed by atoms with Crippen molar-refractivity contribution in [1.82, 2.24) is 10.2 Å². The fraction of sp³-hybridized carbons (Fsp3) is 0.286. The summed E-state index contributed by atoms with van der Waals surface area (Å²) in [6.07, 6.45) is 0.418. The normalized spacial score (nSPS) is 11.5. The van der Waals surface area contributed by atoms with Crippen molar-refractivity contribution in [3.63, 3.8) is 0 Å². The summed E-state index contributed by atoms with van der Waals surface area (Å²) in [5, 5.41) is 2.90. The van der Waals surface area contributed by atoms with Gasteiger partial charge in [-0.25, -0.2) is 0 Å². The Bertz CT molecular complexity index is 1080. The highest BCUT2D eigenvalue weighted by Gasteiger charge is 2.30.